The third kappa shape index (κ3) is 4.40. The van der Waals surface area contributed by atoms with Crippen molar-refractivity contribution in [2.45, 2.75) is 13.0 Å². The molecule has 10 heavy (non-hydrogen) atoms. The zero-order chi connectivity index (χ0) is 7.98. The van der Waals surface area contributed by atoms with Crippen LogP contribution in [0.2, 0.25) is 0 Å². The van der Waals surface area contributed by atoms with Crippen LogP contribution in [0.5, 0.6) is 0 Å². The van der Waals surface area contributed by atoms with E-state index >= 15 is 0 Å². The standard InChI is InChI=1S/C6H12N2OS/c1-5(9)6(2)10-4-8-7-3/h4-5,7,9H,2H2,1,3H3/b8-4-. The van der Waals surface area contributed by atoms with Gasteiger partial charge in [-0.05, 0) is 6.92 Å². The van der Waals surface area contributed by atoms with Crippen molar-refractivity contribution in [2.75, 3.05) is 7.05 Å². The molecule has 0 bridgehead atoms. The van der Waals surface area contributed by atoms with E-state index in [9.17, 15) is 0 Å². The van der Waals surface area contributed by atoms with E-state index in [0.29, 0.717) is 4.91 Å². The van der Waals surface area contributed by atoms with Gasteiger partial charge in [0.05, 0.1) is 11.7 Å². The van der Waals surface area contributed by atoms with E-state index in [1.807, 2.05) is 0 Å². The summed E-state index contributed by atoms with van der Waals surface area (Å²) < 4.78 is 0. The summed E-state index contributed by atoms with van der Waals surface area (Å²) in [5, 5.41) is 12.6. The first kappa shape index (κ1) is 9.52. The third-order valence-corrected chi connectivity index (χ3v) is 1.71. The van der Waals surface area contributed by atoms with Crippen molar-refractivity contribution in [3.8, 4) is 0 Å². The Bertz CT molecular complexity index is 134. The summed E-state index contributed by atoms with van der Waals surface area (Å²) in [5.41, 5.74) is 4.18. The second kappa shape index (κ2) is 5.32. The van der Waals surface area contributed by atoms with Crippen LogP contribution in [-0.4, -0.2) is 23.8 Å². The van der Waals surface area contributed by atoms with Crippen molar-refractivity contribution in [1.29, 1.82) is 0 Å². The Morgan fingerprint density at radius 2 is 2.50 bits per heavy atom. The van der Waals surface area contributed by atoms with Crippen LogP contribution in [-0.2, 0) is 0 Å². The first-order valence-electron chi connectivity index (χ1n) is 2.90. The molecule has 1 unspecified atom stereocenters. The Balaban J connectivity index is 3.49. The van der Waals surface area contributed by atoms with Gasteiger partial charge in [-0.3, -0.25) is 0 Å². The zero-order valence-electron chi connectivity index (χ0n) is 6.16. The molecule has 1 atom stereocenters. The summed E-state index contributed by atoms with van der Waals surface area (Å²) in [6, 6.07) is 0. The van der Waals surface area contributed by atoms with E-state index < -0.39 is 6.10 Å². The molecule has 0 spiro atoms. The fourth-order valence-electron chi connectivity index (χ4n) is 0.245. The number of rotatable bonds is 4. The van der Waals surface area contributed by atoms with Crippen LogP contribution in [0, 0.1) is 0 Å². The van der Waals surface area contributed by atoms with Crippen LogP contribution in [0.1, 0.15) is 6.92 Å². The molecule has 0 aliphatic rings. The van der Waals surface area contributed by atoms with E-state index in [0.717, 1.165) is 0 Å². The maximum Gasteiger partial charge on any atom is 0.0842 e. The summed E-state index contributed by atoms with van der Waals surface area (Å²) >= 11 is 1.31. The molecule has 0 fully saturated rings. The molecule has 0 heterocycles. The van der Waals surface area contributed by atoms with E-state index in [2.05, 4.69) is 17.1 Å². The number of hydrazone groups is 1. The normalized spacial score (nSPS) is 13.5. The third-order valence-electron chi connectivity index (χ3n) is 0.852. The molecule has 4 heteroatoms. The summed E-state index contributed by atoms with van der Waals surface area (Å²) in [5.74, 6) is 0. The molecule has 0 saturated carbocycles. The van der Waals surface area contributed by atoms with Gasteiger partial charge in [-0.25, -0.2) is 0 Å². The van der Waals surface area contributed by atoms with Gasteiger partial charge in [0.2, 0.25) is 0 Å². The fraction of sp³-hybridized carbons (Fsp3) is 0.500. The van der Waals surface area contributed by atoms with E-state index in [1.165, 1.54) is 11.8 Å². The largest absolute Gasteiger partial charge is 0.388 e. The van der Waals surface area contributed by atoms with Crippen molar-refractivity contribution in [1.82, 2.24) is 5.43 Å². The molecule has 0 amide bonds. The molecule has 2 N–H and O–H groups in total. The minimum absolute atomic E-state index is 0.478. The highest BCUT2D eigenvalue weighted by molar-refractivity contribution is 8.15. The van der Waals surface area contributed by atoms with Crippen molar-refractivity contribution in [3.05, 3.63) is 11.5 Å². The number of aliphatic hydroxyl groups is 1. The molecule has 0 radical (unpaired) electrons. The fourth-order valence-corrected chi connectivity index (χ4v) is 0.736. The van der Waals surface area contributed by atoms with Crippen LogP contribution in [0.25, 0.3) is 0 Å². The number of thioether (sulfide) groups is 1. The van der Waals surface area contributed by atoms with Crippen molar-refractivity contribution < 1.29 is 5.11 Å². The Morgan fingerprint density at radius 1 is 1.90 bits per heavy atom. The van der Waals surface area contributed by atoms with Crippen LogP contribution < -0.4 is 5.43 Å². The van der Waals surface area contributed by atoms with Gasteiger partial charge in [0.1, 0.15) is 0 Å². The Kier molecular flexibility index (Phi) is 5.06. The van der Waals surface area contributed by atoms with Gasteiger partial charge in [0.25, 0.3) is 0 Å². The van der Waals surface area contributed by atoms with Crippen LogP contribution >= 0.6 is 11.8 Å². The van der Waals surface area contributed by atoms with Gasteiger partial charge in [0.15, 0.2) is 0 Å². The van der Waals surface area contributed by atoms with Gasteiger partial charge in [-0.15, -0.1) is 0 Å². The first-order valence-corrected chi connectivity index (χ1v) is 3.78. The number of aliphatic hydroxyl groups excluding tert-OH is 1. The molecule has 0 saturated heterocycles. The molecule has 0 aromatic carbocycles. The van der Waals surface area contributed by atoms with Gasteiger partial charge in [-0.1, -0.05) is 18.3 Å². The van der Waals surface area contributed by atoms with Crippen LogP contribution in [0.15, 0.2) is 16.6 Å². The van der Waals surface area contributed by atoms with Crippen molar-refractivity contribution in [3.63, 3.8) is 0 Å². The first-order chi connectivity index (χ1) is 4.68. The topological polar surface area (TPSA) is 44.6 Å². The minimum Gasteiger partial charge on any atom is -0.388 e. The summed E-state index contributed by atoms with van der Waals surface area (Å²) in [7, 11) is 1.71. The minimum atomic E-state index is -0.478. The summed E-state index contributed by atoms with van der Waals surface area (Å²) in [6.07, 6.45) is -0.478. The summed E-state index contributed by atoms with van der Waals surface area (Å²) in [6.45, 7) is 5.29. The number of hydrogen-bond donors (Lipinski definition) is 2. The van der Waals surface area contributed by atoms with Gasteiger partial charge >= 0.3 is 0 Å². The molecular formula is C6H12N2OS. The number of hydrogen-bond acceptors (Lipinski definition) is 4. The monoisotopic (exact) mass is 160 g/mol. The lowest BCUT2D eigenvalue weighted by Crippen LogP contribution is -2.00. The molecular weight excluding hydrogens is 148 g/mol. The molecule has 0 aliphatic carbocycles. The lowest BCUT2D eigenvalue weighted by molar-refractivity contribution is 0.241. The second-order valence-electron chi connectivity index (χ2n) is 1.72. The van der Waals surface area contributed by atoms with Gasteiger partial charge in [0, 0.05) is 12.0 Å². The van der Waals surface area contributed by atoms with Crippen LogP contribution in [0.3, 0.4) is 0 Å². The number of nitrogens with one attached hydrogen (secondary N) is 1. The molecule has 58 valence electrons. The number of nitrogens with zero attached hydrogens (tertiary/aromatic N) is 1. The predicted molar refractivity (Wildman–Crippen MR) is 46.0 cm³/mol. The van der Waals surface area contributed by atoms with Crippen LogP contribution in [0.4, 0.5) is 0 Å². The maximum absolute atomic E-state index is 8.92. The van der Waals surface area contributed by atoms with E-state index in [-0.39, 0.29) is 0 Å². The maximum atomic E-state index is 8.92. The highest BCUT2D eigenvalue weighted by Gasteiger charge is 1.98. The Labute approximate surface area is 65.2 Å². The highest BCUT2D eigenvalue weighted by Crippen LogP contribution is 2.13. The lowest BCUT2D eigenvalue weighted by Gasteiger charge is -2.02. The Hall–Kier alpha value is -0.480. The average molecular weight is 160 g/mol. The quantitative estimate of drug-likeness (QED) is 0.363. The van der Waals surface area contributed by atoms with Gasteiger partial charge in [-0.2, -0.15) is 5.10 Å². The smallest absolute Gasteiger partial charge is 0.0842 e. The molecule has 0 aromatic heterocycles. The lowest BCUT2D eigenvalue weighted by atomic mass is 10.4. The Morgan fingerprint density at radius 3 is 2.90 bits per heavy atom. The average Bonchev–Trinajstić information content (AvgIpc) is 1.88. The summed E-state index contributed by atoms with van der Waals surface area (Å²) in [4.78, 5) is 0.694. The molecule has 0 aliphatic heterocycles. The molecule has 0 rings (SSSR count). The van der Waals surface area contributed by atoms with Crippen molar-refractivity contribution >= 4 is 17.3 Å². The van der Waals surface area contributed by atoms with Crippen molar-refractivity contribution in [2.24, 2.45) is 5.10 Å². The van der Waals surface area contributed by atoms with E-state index in [4.69, 9.17) is 5.11 Å². The molecule has 3 nitrogen and oxygen atoms in total. The SMILES string of the molecule is C=C(S/C=N\NC)C(C)O. The second-order valence-corrected chi connectivity index (χ2v) is 2.69. The van der Waals surface area contributed by atoms with Gasteiger partial charge < -0.3 is 10.5 Å². The zero-order valence-corrected chi connectivity index (χ0v) is 6.98. The highest BCUT2D eigenvalue weighted by atomic mass is 32.2. The predicted octanol–water partition coefficient (Wildman–Crippen LogP) is 0.777. The molecule has 0 aromatic rings. The van der Waals surface area contributed by atoms with E-state index in [1.54, 1.807) is 19.5 Å².